The molecular formula is C7H7F2NOS. The molecule has 0 fully saturated rings. The third-order valence-electron chi connectivity index (χ3n) is 1.27. The summed E-state index contributed by atoms with van der Waals surface area (Å²) in [4.78, 5) is 0.0965. The number of nitrogen functional groups attached to an aromatic ring is 1. The van der Waals surface area contributed by atoms with Crippen molar-refractivity contribution in [1.82, 2.24) is 0 Å². The monoisotopic (exact) mass is 191 g/mol. The third-order valence-corrected chi connectivity index (χ3v) is 2.33. The SMILES string of the molecule is Nc1ccc([S@@](=O)C(F)F)cc1. The average Bonchev–Trinajstić information content (AvgIpc) is 2.04. The number of hydrogen-bond donors (Lipinski definition) is 1. The Hall–Kier alpha value is -0.970. The van der Waals surface area contributed by atoms with E-state index in [1.54, 1.807) is 0 Å². The second-order valence-electron chi connectivity index (χ2n) is 2.13. The van der Waals surface area contributed by atoms with Crippen LogP contribution in [0.4, 0.5) is 14.5 Å². The van der Waals surface area contributed by atoms with Crippen molar-refractivity contribution in [2.45, 2.75) is 10.7 Å². The zero-order chi connectivity index (χ0) is 9.14. The van der Waals surface area contributed by atoms with Gasteiger partial charge >= 0.3 is 5.76 Å². The molecule has 0 saturated carbocycles. The molecule has 0 aromatic heterocycles. The molecule has 12 heavy (non-hydrogen) atoms. The first kappa shape index (κ1) is 9.12. The average molecular weight is 191 g/mol. The predicted molar refractivity (Wildman–Crippen MR) is 43.3 cm³/mol. The summed E-state index contributed by atoms with van der Waals surface area (Å²) in [6, 6.07) is 5.54. The van der Waals surface area contributed by atoms with E-state index in [4.69, 9.17) is 5.73 Å². The largest absolute Gasteiger partial charge is 0.399 e. The fraction of sp³-hybridized carbons (Fsp3) is 0.143. The molecule has 0 unspecified atom stereocenters. The fourth-order valence-electron chi connectivity index (χ4n) is 0.705. The highest BCUT2D eigenvalue weighted by atomic mass is 32.2. The van der Waals surface area contributed by atoms with E-state index < -0.39 is 16.6 Å². The quantitative estimate of drug-likeness (QED) is 0.721. The maximum Gasteiger partial charge on any atom is 0.316 e. The molecule has 2 N–H and O–H groups in total. The molecule has 1 rings (SSSR count). The predicted octanol–water partition coefficient (Wildman–Crippen LogP) is 1.60. The van der Waals surface area contributed by atoms with E-state index in [0.717, 1.165) is 0 Å². The molecule has 0 amide bonds. The highest BCUT2D eigenvalue weighted by molar-refractivity contribution is 7.85. The molecule has 0 bridgehead atoms. The Morgan fingerprint density at radius 3 is 2.17 bits per heavy atom. The van der Waals surface area contributed by atoms with Crippen LogP contribution in [0.3, 0.4) is 0 Å². The van der Waals surface area contributed by atoms with Gasteiger partial charge in [0.25, 0.3) is 0 Å². The van der Waals surface area contributed by atoms with Gasteiger partial charge in [0.05, 0.1) is 0 Å². The van der Waals surface area contributed by atoms with Crippen molar-refractivity contribution < 1.29 is 13.0 Å². The van der Waals surface area contributed by atoms with Crippen LogP contribution in [-0.2, 0) is 10.8 Å². The van der Waals surface area contributed by atoms with Gasteiger partial charge in [-0.15, -0.1) is 0 Å². The summed E-state index contributed by atoms with van der Waals surface area (Å²) in [5, 5.41) is 0. The van der Waals surface area contributed by atoms with Gasteiger partial charge in [0.1, 0.15) is 10.8 Å². The lowest BCUT2D eigenvalue weighted by atomic mass is 10.3. The molecule has 0 aliphatic rings. The van der Waals surface area contributed by atoms with E-state index in [2.05, 4.69) is 0 Å². The molecule has 1 atom stereocenters. The summed E-state index contributed by atoms with van der Waals surface area (Å²) in [5.41, 5.74) is 5.78. The van der Waals surface area contributed by atoms with Gasteiger partial charge in [-0.3, -0.25) is 0 Å². The van der Waals surface area contributed by atoms with E-state index in [-0.39, 0.29) is 4.90 Å². The smallest absolute Gasteiger partial charge is 0.316 e. The molecule has 1 aromatic rings. The van der Waals surface area contributed by atoms with Gasteiger partial charge in [0.2, 0.25) is 0 Å². The Morgan fingerprint density at radius 1 is 1.25 bits per heavy atom. The van der Waals surface area contributed by atoms with Crippen molar-refractivity contribution in [2.75, 3.05) is 5.73 Å². The molecule has 1 aromatic carbocycles. The topological polar surface area (TPSA) is 43.1 Å². The fourth-order valence-corrected chi connectivity index (χ4v) is 1.31. The number of rotatable bonds is 2. The minimum Gasteiger partial charge on any atom is -0.399 e. The highest BCUT2D eigenvalue weighted by Crippen LogP contribution is 2.14. The number of alkyl halides is 2. The number of anilines is 1. The third kappa shape index (κ3) is 2.01. The van der Waals surface area contributed by atoms with Crippen LogP contribution >= 0.6 is 0 Å². The van der Waals surface area contributed by atoms with Crippen LogP contribution in [0.1, 0.15) is 0 Å². The van der Waals surface area contributed by atoms with Gasteiger partial charge in [0, 0.05) is 10.6 Å². The van der Waals surface area contributed by atoms with E-state index >= 15 is 0 Å². The van der Waals surface area contributed by atoms with E-state index in [0.29, 0.717) is 5.69 Å². The normalized spacial score (nSPS) is 13.2. The van der Waals surface area contributed by atoms with Crippen LogP contribution in [0.15, 0.2) is 29.2 Å². The summed E-state index contributed by atoms with van der Waals surface area (Å²) >= 11 is 0. The van der Waals surface area contributed by atoms with Crippen molar-refractivity contribution in [2.24, 2.45) is 0 Å². The van der Waals surface area contributed by atoms with E-state index in [1.807, 2.05) is 0 Å². The lowest BCUT2D eigenvalue weighted by Gasteiger charge is -1.99. The van der Waals surface area contributed by atoms with Crippen LogP contribution in [0.5, 0.6) is 0 Å². The van der Waals surface area contributed by atoms with Crippen molar-refractivity contribution in [3.8, 4) is 0 Å². The zero-order valence-corrected chi connectivity index (χ0v) is 6.85. The summed E-state index contributed by atoms with van der Waals surface area (Å²) < 4.78 is 34.5. The van der Waals surface area contributed by atoms with Crippen molar-refractivity contribution in [1.29, 1.82) is 0 Å². The van der Waals surface area contributed by atoms with Crippen LogP contribution in [0.25, 0.3) is 0 Å². The van der Waals surface area contributed by atoms with Gasteiger partial charge in [0.15, 0.2) is 0 Å². The molecule has 5 heteroatoms. The number of benzene rings is 1. The molecule has 0 spiro atoms. The maximum absolute atomic E-state index is 11.9. The lowest BCUT2D eigenvalue weighted by molar-refractivity contribution is 0.244. The van der Waals surface area contributed by atoms with Gasteiger partial charge in [-0.25, -0.2) is 4.21 Å². The molecule has 0 aliphatic carbocycles. The first-order valence-corrected chi connectivity index (χ1v) is 4.37. The Bertz CT molecular complexity index is 286. The van der Waals surface area contributed by atoms with Gasteiger partial charge in [-0.1, -0.05) is 0 Å². The van der Waals surface area contributed by atoms with Gasteiger partial charge < -0.3 is 5.73 Å². The molecule has 66 valence electrons. The molecule has 0 saturated heterocycles. The minimum atomic E-state index is -2.84. The van der Waals surface area contributed by atoms with Crippen molar-refractivity contribution in [3.63, 3.8) is 0 Å². The van der Waals surface area contributed by atoms with Gasteiger partial charge in [-0.05, 0) is 24.3 Å². The van der Waals surface area contributed by atoms with Crippen molar-refractivity contribution >= 4 is 16.5 Å². The Balaban J connectivity index is 2.90. The summed E-state index contributed by atoms with van der Waals surface area (Å²) in [7, 11) is -2.23. The first-order valence-electron chi connectivity index (χ1n) is 3.15. The van der Waals surface area contributed by atoms with Gasteiger partial charge in [-0.2, -0.15) is 8.78 Å². The molecule has 2 nitrogen and oxygen atoms in total. The Labute approximate surface area is 70.8 Å². The summed E-state index contributed by atoms with van der Waals surface area (Å²) in [6.07, 6.45) is 0. The second-order valence-corrected chi connectivity index (χ2v) is 3.55. The molecular weight excluding hydrogens is 184 g/mol. The maximum atomic E-state index is 11.9. The van der Waals surface area contributed by atoms with Crippen LogP contribution in [0, 0.1) is 0 Å². The second kappa shape index (κ2) is 3.62. The number of nitrogens with two attached hydrogens (primary N) is 1. The number of hydrogen-bond acceptors (Lipinski definition) is 2. The Morgan fingerprint density at radius 2 is 1.75 bits per heavy atom. The minimum absolute atomic E-state index is 0.0965. The standard InChI is InChI=1S/C7H7F2NOS/c8-7(9)12(11)6-3-1-5(10)2-4-6/h1-4,7H,10H2/t12-/m1/s1. The molecule has 0 aliphatic heterocycles. The van der Waals surface area contributed by atoms with E-state index in [9.17, 15) is 13.0 Å². The summed E-state index contributed by atoms with van der Waals surface area (Å²) in [5.74, 6) is -2.84. The van der Waals surface area contributed by atoms with E-state index in [1.165, 1.54) is 24.3 Å². The van der Waals surface area contributed by atoms with Crippen LogP contribution < -0.4 is 5.73 Å². The zero-order valence-electron chi connectivity index (χ0n) is 6.04. The molecule has 0 heterocycles. The highest BCUT2D eigenvalue weighted by Gasteiger charge is 2.14. The number of halogens is 2. The Kier molecular flexibility index (Phi) is 2.75. The summed E-state index contributed by atoms with van der Waals surface area (Å²) in [6.45, 7) is 0. The van der Waals surface area contributed by atoms with Crippen LogP contribution in [0.2, 0.25) is 0 Å². The molecule has 0 radical (unpaired) electrons. The van der Waals surface area contributed by atoms with Crippen molar-refractivity contribution in [3.05, 3.63) is 24.3 Å². The lowest BCUT2D eigenvalue weighted by Crippen LogP contribution is -2.02. The van der Waals surface area contributed by atoms with Crippen LogP contribution in [-0.4, -0.2) is 9.97 Å². The first-order chi connectivity index (χ1) is 5.61.